The van der Waals surface area contributed by atoms with Crippen LogP contribution < -0.4 is 10.1 Å². The summed E-state index contributed by atoms with van der Waals surface area (Å²) in [5.74, 6) is 1.08. The van der Waals surface area contributed by atoms with Gasteiger partial charge >= 0.3 is 0 Å². The van der Waals surface area contributed by atoms with Gasteiger partial charge in [0.2, 0.25) is 5.91 Å². The molecule has 3 aromatic carbocycles. The van der Waals surface area contributed by atoms with Crippen LogP contribution in [0.3, 0.4) is 0 Å². The fourth-order valence-corrected chi connectivity index (χ4v) is 3.84. The van der Waals surface area contributed by atoms with E-state index in [1.165, 1.54) is 0 Å². The molecule has 1 N–H and O–H groups in total. The van der Waals surface area contributed by atoms with Crippen LogP contribution in [0.15, 0.2) is 91.3 Å². The van der Waals surface area contributed by atoms with Crippen LogP contribution >= 0.6 is 0 Å². The van der Waals surface area contributed by atoms with E-state index in [4.69, 9.17) is 4.74 Å². The maximum absolute atomic E-state index is 13.2. The maximum Gasteiger partial charge on any atom is 0.232 e. The van der Waals surface area contributed by atoms with Crippen LogP contribution in [0, 0.1) is 0 Å². The van der Waals surface area contributed by atoms with Gasteiger partial charge in [-0.3, -0.25) is 4.79 Å². The van der Waals surface area contributed by atoms with Crippen molar-refractivity contribution in [2.75, 3.05) is 6.54 Å². The molecule has 148 valence electrons. The molecular formula is C25H21N3O2. The van der Waals surface area contributed by atoms with Gasteiger partial charge in [-0.2, -0.15) is 5.10 Å². The molecule has 0 unspecified atom stereocenters. The lowest BCUT2D eigenvalue weighted by Gasteiger charge is -2.27. The Morgan fingerprint density at radius 3 is 2.23 bits per heavy atom. The van der Waals surface area contributed by atoms with Crippen molar-refractivity contribution in [3.05, 3.63) is 108 Å². The molecule has 1 aliphatic heterocycles. The van der Waals surface area contributed by atoms with Gasteiger partial charge in [-0.05, 0) is 36.2 Å². The lowest BCUT2D eigenvalue weighted by Crippen LogP contribution is -2.33. The van der Waals surface area contributed by atoms with Crippen LogP contribution in [0.4, 0.5) is 0 Å². The second-order valence-electron chi connectivity index (χ2n) is 7.28. The molecule has 30 heavy (non-hydrogen) atoms. The number of benzene rings is 3. The van der Waals surface area contributed by atoms with Crippen LogP contribution in [0.1, 0.15) is 22.6 Å². The number of aromatic nitrogens is 2. The normalized spacial score (nSPS) is 12.5. The first-order valence-electron chi connectivity index (χ1n) is 10.0. The van der Waals surface area contributed by atoms with Crippen molar-refractivity contribution >= 4 is 5.91 Å². The smallest absolute Gasteiger partial charge is 0.232 e. The van der Waals surface area contributed by atoms with Crippen molar-refractivity contribution in [2.45, 2.75) is 12.3 Å². The topological polar surface area (TPSA) is 56.2 Å². The van der Waals surface area contributed by atoms with E-state index in [-0.39, 0.29) is 11.8 Å². The van der Waals surface area contributed by atoms with Gasteiger partial charge in [-0.25, -0.2) is 4.68 Å². The zero-order valence-corrected chi connectivity index (χ0v) is 16.4. The third-order valence-corrected chi connectivity index (χ3v) is 5.31. The van der Waals surface area contributed by atoms with Crippen molar-refractivity contribution in [3.8, 4) is 17.2 Å². The SMILES string of the molecule is O=C(NCCc1cnn(-c2ccccc2)c1)C1c2ccccc2Oc2ccccc21. The lowest BCUT2D eigenvalue weighted by atomic mass is 9.87. The predicted molar refractivity (Wildman–Crippen MR) is 115 cm³/mol. The molecule has 0 spiro atoms. The molecule has 2 heterocycles. The number of hydrogen-bond acceptors (Lipinski definition) is 3. The quantitative estimate of drug-likeness (QED) is 0.542. The number of carbonyl (C=O) groups is 1. The number of para-hydroxylation sites is 3. The number of nitrogens with zero attached hydrogens (tertiary/aromatic N) is 2. The van der Waals surface area contributed by atoms with Crippen molar-refractivity contribution in [2.24, 2.45) is 0 Å². The second kappa shape index (κ2) is 7.87. The summed E-state index contributed by atoms with van der Waals surface area (Å²) >= 11 is 0. The number of rotatable bonds is 5. The van der Waals surface area contributed by atoms with Gasteiger partial charge in [0.1, 0.15) is 11.5 Å². The van der Waals surface area contributed by atoms with Crippen molar-refractivity contribution < 1.29 is 9.53 Å². The van der Waals surface area contributed by atoms with E-state index < -0.39 is 0 Å². The fraction of sp³-hybridized carbons (Fsp3) is 0.120. The first-order valence-corrected chi connectivity index (χ1v) is 10.0. The first-order chi connectivity index (χ1) is 14.8. The molecule has 5 rings (SSSR count). The average Bonchev–Trinajstić information content (AvgIpc) is 3.27. The van der Waals surface area contributed by atoms with Crippen molar-refractivity contribution in [1.82, 2.24) is 15.1 Å². The van der Waals surface area contributed by atoms with Gasteiger partial charge < -0.3 is 10.1 Å². The summed E-state index contributed by atoms with van der Waals surface area (Å²) in [5, 5.41) is 7.52. The molecule has 5 heteroatoms. The molecular weight excluding hydrogens is 374 g/mol. The van der Waals surface area contributed by atoms with Gasteiger partial charge in [0.05, 0.1) is 17.8 Å². The van der Waals surface area contributed by atoms with E-state index >= 15 is 0 Å². The van der Waals surface area contributed by atoms with Crippen LogP contribution in [0.25, 0.3) is 5.69 Å². The van der Waals surface area contributed by atoms with Crippen LogP contribution in [0.2, 0.25) is 0 Å². The Morgan fingerprint density at radius 2 is 1.53 bits per heavy atom. The Labute approximate surface area is 174 Å². The van der Waals surface area contributed by atoms with E-state index in [1.807, 2.05) is 95.9 Å². The zero-order valence-electron chi connectivity index (χ0n) is 16.4. The maximum atomic E-state index is 13.2. The van der Waals surface area contributed by atoms with E-state index in [0.717, 1.165) is 33.9 Å². The molecule has 1 amide bonds. The Hall–Kier alpha value is -3.86. The highest BCUT2D eigenvalue weighted by Crippen LogP contribution is 2.43. The summed E-state index contributed by atoms with van der Waals surface area (Å²) < 4.78 is 7.83. The van der Waals surface area contributed by atoms with E-state index in [9.17, 15) is 4.79 Å². The van der Waals surface area contributed by atoms with E-state index in [0.29, 0.717) is 13.0 Å². The molecule has 1 aromatic heterocycles. The molecule has 0 bridgehead atoms. The third-order valence-electron chi connectivity index (χ3n) is 5.31. The average molecular weight is 395 g/mol. The summed E-state index contributed by atoms with van der Waals surface area (Å²) in [6.45, 7) is 0.543. The summed E-state index contributed by atoms with van der Waals surface area (Å²) in [6.07, 6.45) is 4.56. The van der Waals surface area contributed by atoms with Crippen molar-refractivity contribution in [3.63, 3.8) is 0 Å². The monoisotopic (exact) mass is 395 g/mol. The summed E-state index contributed by atoms with van der Waals surface area (Å²) in [5.41, 5.74) is 3.88. The van der Waals surface area contributed by atoms with Crippen LogP contribution in [0.5, 0.6) is 11.5 Å². The van der Waals surface area contributed by atoms with Gasteiger partial charge in [0.15, 0.2) is 0 Å². The Balaban J connectivity index is 1.29. The van der Waals surface area contributed by atoms with Gasteiger partial charge in [0.25, 0.3) is 0 Å². The molecule has 0 saturated heterocycles. The lowest BCUT2D eigenvalue weighted by molar-refractivity contribution is -0.121. The molecule has 0 atom stereocenters. The summed E-state index contributed by atoms with van der Waals surface area (Å²) in [4.78, 5) is 13.2. The minimum absolute atomic E-state index is 0.0198. The molecule has 0 saturated carbocycles. The number of nitrogens with one attached hydrogen (secondary N) is 1. The molecule has 0 fully saturated rings. The fourth-order valence-electron chi connectivity index (χ4n) is 3.84. The summed E-state index contributed by atoms with van der Waals surface area (Å²) in [6, 6.07) is 25.4. The number of amides is 1. The standard InChI is InChI=1S/C25H21N3O2/c29-25(26-15-14-18-16-27-28(17-18)19-8-2-1-3-9-19)24-20-10-4-6-12-22(20)30-23-13-7-5-11-21(23)24/h1-13,16-17,24H,14-15H2,(H,26,29). The van der Waals surface area contributed by atoms with Crippen LogP contribution in [-0.4, -0.2) is 22.2 Å². The van der Waals surface area contributed by atoms with Crippen molar-refractivity contribution in [1.29, 1.82) is 0 Å². The number of carbonyl (C=O) groups excluding carboxylic acids is 1. The Bertz CT molecular complexity index is 1140. The second-order valence-corrected chi connectivity index (χ2v) is 7.28. The first kappa shape index (κ1) is 18.2. The highest BCUT2D eigenvalue weighted by atomic mass is 16.5. The van der Waals surface area contributed by atoms with Gasteiger partial charge in [0, 0.05) is 23.9 Å². The number of hydrogen-bond donors (Lipinski definition) is 1. The van der Waals surface area contributed by atoms with E-state index in [1.54, 1.807) is 0 Å². The molecule has 1 aliphatic rings. The number of fused-ring (bicyclic) bond motifs is 2. The molecule has 0 aliphatic carbocycles. The van der Waals surface area contributed by atoms with Gasteiger partial charge in [-0.15, -0.1) is 0 Å². The Morgan fingerprint density at radius 1 is 0.900 bits per heavy atom. The minimum atomic E-state index is -0.377. The van der Waals surface area contributed by atoms with Gasteiger partial charge in [-0.1, -0.05) is 54.6 Å². The largest absolute Gasteiger partial charge is 0.457 e. The van der Waals surface area contributed by atoms with Crippen LogP contribution in [-0.2, 0) is 11.2 Å². The predicted octanol–water partition coefficient (Wildman–Crippen LogP) is 4.47. The molecule has 5 nitrogen and oxygen atoms in total. The zero-order chi connectivity index (χ0) is 20.3. The molecule has 0 radical (unpaired) electrons. The minimum Gasteiger partial charge on any atom is -0.457 e. The molecule has 4 aromatic rings. The Kier molecular flexibility index (Phi) is 4.77. The summed E-state index contributed by atoms with van der Waals surface area (Å²) in [7, 11) is 0. The van der Waals surface area contributed by atoms with E-state index in [2.05, 4.69) is 10.4 Å². The highest BCUT2D eigenvalue weighted by molar-refractivity contribution is 5.89. The number of ether oxygens (including phenoxy) is 1. The third kappa shape index (κ3) is 3.46. The highest BCUT2D eigenvalue weighted by Gasteiger charge is 2.32.